The van der Waals surface area contributed by atoms with Gasteiger partial charge in [-0.3, -0.25) is 9.69 Å². The zero-order chi connectivity index (χ0) is 16.2. The first-order valence-corrected chi connectivity index (χ1v) is 8.64. The van der Waals surface area contributed by atoms with Crippen LogP contribution >= 0.6 is 24.8 Å². The lowest BCUT2D eigenvalue weighted by atomic mass is 10.00. The normalized spacial score (nSPS) is 25.5. The zero-order valence-electron chi connectivity index (χ0n) is 14.6. The number of amides is 1. The Morgan fingerprint density at radius 3 is 2.44 bits per heavy atom. The Kier molecular flexibility index (Phi) is 9.17. The average molecular weight is 390 g/mol. The van der Waals surface area contributed by atoms with Crippen molar-refractivity contribution in [2.45, 2.75) is 50.4 Å². The number of halogens is 2. The van der Waals surface area contributed by atoms with Crippen LogP contribution in [0.3, 0.4) is 0 Å². The molecule has 1 aromatic carbocycles. The molecule has 142 valence electrons. The van der Waals surface area contributed by atoms with E-state index in [9.17, 15) is 9.90 Å². The first-order chi connectivity index (χ1) is 11.1. The van der Waals surface area contributed by atoms with Gasteiger partial charge in [-0.2, -0.15) is 0 Å². The van der Waals surface area contributed by atoms with Crippen molar-refractivity contribution in [1.82, 2.24) is 15.5 Å². The highest BCUT2D eigenvalue weighted by Crippen LogP contribution is 2.24. The van der Waals surface area contributed by atoms with Crippen LogP contribution < -0.4 is 10.6 Å². The number of nitrogens with one attached hydrogen (secondary N) is 2. The fourth-order valence-corrected chi connectivity index (χ4v) is 3.59. The van der Waals surface area contributed by atoms with Crippen LogP contribution in [-0.2, 0) is 4.79 Å². The van der Waals surface area contributed by atoms with Crippen LogP contribution in [0.2, 0.25) is 0 Å². The topological polar surface area (TPSA) is 64.6 Å². The Labute approximate surface area is 162 Å². The van der Waals surface area contributed by atoms with E-state index in [1.54, 1.807) is 0 Å². The highest BCUT2D eigenvalue weighted by Gasteiger charge is 2.30. The van der Waals surface area contributed by atoms with Crippen molar-refractivity contribution in [2.24, 2.45) is 0 Å². The Morgan fingerprint density at radius 1 is 1.24 bits per heavy atom. The first-order valence-electron chi connectivity index (χ1n) is 8.64. The molecule has 2 saturated heterocycles. The third-order valence-electron chi connectivity index (χ3n) is 5.13. The molecule has 3 unspecified atom stereocenters. The summed E-state index contributed by atoms with van der Waals surface area (Å²) < 4.78 is 0. The average Bonchev–Trinajstić information content (AvgIpc) is 3.02. The molecule has 0 aromatic heterocycles. The largest absolute Gasteiger partial charge is 0.392 e. The number of aliphatic hydroxyl groups is 1. The van der Waals surface area contributed by atoms with Gasteiger partial charge in [-0.15, -0.1) is 24.8 Å². The standard InChI is InChI=1S/C18H27N3O2.2ClH/c1-13(14-5-3-2-4-6-14)21-9-7-15(8-10-21)20-18(23)17-11-16(22)12-19-17;;/h2-6,13,15-17,19,22H,7-12H2,1H3,(H,20,23);2*1H. The fourth-order valence-electron chi connectivity index (χ4n) is 3.59. The highest BCUT2D eigenvalue weighted by molar-refractivity contribution is 5.85. The minimum absolute atomic E-state index is 0. The van der Waals surface area contributed by atoms with Crippen LogP contribution in [0.4, 0.5) is 0 Å². The van der Waals surface area contributed by atoms with Gasteiger partial charge in [-0.1, -0.05) is 30.3 Å². The number of carbonyl (C=O) groups is 1. The number of aliphatic hydroxyl groups excluding tert-OH is 1. The molecule has 2 heterocycles. The predicted molar refractivity (Wildman–Crippen MR) is 105 cm³/mol. The lowest BCUT2D eigenvalue weighted by Gasteiger charge is -2.36. The van der Waals surface area contributed by atoms with Crippen molar-refractivity contribution in [3.05, 3.63) is 35.9 Å². The lowest BCUT2D eigenvalue weighted by Crippen LogP contribution is -2.49. The van der Waals surface area contributed by atoms with Gasteiger partial charge in [-0.05, 0) is 31.7 Å². The van der Waals surface area contributed by atoms with E-state index in [1.807, 2.05) is 6.07 Å². The van der Waals surface area contributed by atoms with E-state index in [2.05, 4.69) is 46.7 Å². The summed E-state index contributed by atoms with van der Waals surface area (Å²) in [5, 5.41) is 15.7. The van der Waals surface area contributed by atoms with Gasteiger partial charge in [0.1, 0.15) is 0 Å². The quantitative estimate of drug-likeness (QED) is 0.735. The summed E-state index contributed by atoms with van der Waals surface area (Å²) in [5.41, 5.74) is 1.35. The Hall–Kier alpha value is -0.850. The summed E-state index contributed by atoms with van der Waals surface area (Å²) in [4.78, 5) is 14.7. The maximum Gasteiger partial charge on any atom is 0.237 e. The molecule has 0 bridgehead atoms. The number of benzene rings is 1. The van der Waals surface area contributed by atoms with Crippen LogP contribution in [0.1, 0.15) is 37.8 Å². The number of β-amino-alcohol motifs (C(OH)–C–C–N with tert-alkyl or cyclic N) is 1. The molecule has 7 heteroatoms. The minimum Gasteiger partial charge on any atom is -0.392 e. The van der Waals surface area contributed by atoms with Crippen molar-refractivity contribution in [1.29, 1.82) is 0 Å². The van der Waals surface area contributed by atoms with E-state index >= 15 is 0 Å². The van der Waals surface area contributed by atoms with Crippen molar-refractivity contribution in [2.75, 3.05) is 19.6 Å². The molecule has 1 amide bonds. The van der Waals surface area contributed by atoms with Gasteiger partial charge in [0.25, 0.3) is 0 Å². The number of nitrogens with zero attached hydrogens (tertiary/aromatic N) is 1. The van der Waals surface area contributed by atoms with Gasteiger partial charge in [0.15, 0.2) is 0 Å². The molecule has 25 heavy (non-hydrogen) atoms. The monoisotopic (exact) mass is 389 g/mol. The Balaban J connectivity index is 0.00000156. The Morgan fingerprint density at radius 2 is 1.88 bits per heavy atom. The summed E-state index contributed by atoms with van der Waals surface area (Å²) in [6.45, 7) is 4.77. The van der Waals surface area contributed by atoms with Gasteiger partial charge in [-0.25, -0.2) is 0 Å². The molecule has 3 N–H and O–H groups in total. The summed E-state index contributed by atoms with van der Waals surface area (Å²) >= 11 is 0. The maximum absolute atomic E-state index is 12.2. The van der Waals surface area contributed by atoms with Crippen LogP contribution in [0.15, 0.2) is 30.3 Å². The number of carbonyl (C=O) groups excluding carboxylic acids is 1. The van der Waals surface area contributed by atoms with E-state index in [0.717, 1.165) is 25.9 Å². The summed E-state index contributed by atoms with van der Waals surface area (Å²) in [5.74, 6) is 0.0381. The van der Waals surface area contributed by atoms with E-state index in [-0.39, 0.29) is 48.9 Å². The minimum atomic E-state index is -0.390. The van der Waals surface area contributed by atoms with E-state index < -0.39 is 0 Å². The number of piperidine rings is 1. The molecule has 1 aromatic rings. The molecule has 0 saturated carbocycles. The van der Waals surface area contributed by atoms with Crippen molar-refractivity contribution < 1.29 is 9.90 Å². The smallest absolute Gasteiger partial charge is 0.237 e. The number of hydrogen-bond donors (Lipinski definition) is 3. The number of rotatable bonds is 4. The zero-order valence-corrected chi connectivity index (χ0v) is 16.2. The lowest BCUT2D eigenvalue weighted by molar-refractivity contribution is -0.124. The highest BCUT2D eigenvalue weighted by atomic mass is 35.5. The molecule has 2 aliphatic heterocycles. The van der Waals surface area contributed by atoms with Gasteiger partial charge >= 0.3 is 0 Å². The molecule has 2 fully saturated rings. The van der Waals surface area contributed by atoms with Crippen molar-refractivity contribution in [3.63, 3.8) is 0 Å². The van der Waals surface area contributed by atoms with Crippen LogP contribution in [0.5, 0.6) is 0 Å². The van der Waals surface area contributed by atoms with E-state index in [4.69, 9.17) is 0 Å². The van der Waals surface area contributed by atoms with Crippen LogP contribution in [0.25, 0.3) is 0 Å². The SMILES string of the molecule is CC(c1ccccc1)N1CCC(NC(=O)C2CC(O)CN2)CC1.Cl.Cl. The second-order valence-electron chi connectivity index (χ2n) is 6.76. The van der Waals surface area contributed by atoms with Crippen LogP contribution in [-0.4, -0.2) is 53.7 Å². The molecule has 5 nitrogen and oxygen atoms in total. The van der Waals surface area contributed by atoms with Gasteiger partial charge in [0, 0.05) is 31.7 Å². The Bertz CT molecular complexity index is 524. The summed E-state index contributed by atoms with van der Waals surface area (Å²) in [7, 11) is 0. The molecule has 0 aliphatic carbocycles. The second kappa shape index (κ2) is 10.3. The third kappa shape index (κ3) is 5.83. The predicted octanol–water partition coefficient (Wildman–Crippen LogP) is 1.89. The van der Waals surface area contributed by atoms with Crippen LogP contribution in [0, 0.1) is 0 Å². The third-order valence-corrected chi connectivity index (χ3v) is 5.13. The summed E-state index contributed by atoms with van der Waals surface area (Å²) in [6, 6.07) is 11.0. The number of hydrogen-bond acceptors (Lipinski definition) is 4. The molecule has 3 rings (SSSR count). The van der Waals surface area contributed by atoms with Gasteiger partial charge in [0.2, 0.25) is 5.91 Å². The molecular weight excluding hydrogens is 361 g/mol. The molecular formula is C18H29Cl2N3O2. The fraction of sp³-hybridized carbons (Fsp3) is 0.611. The maximum atomic E-state index is 12.2. The van der Waals surface area contributed by atoms with Crippen molar-refractivity contribution in [3.8, 4) is 0 Å². The van der Waals surface area contributed by atoms with Gasteiger partial charge < -0.3 is 15.7 Å². The van der Waals surface area contributed by atoms with E-state index in [1.165, 1.54) is 5.56 Å². The molecule has 2 aliphatic rings. The van der Waals surface area contributed by atoms with E-state index in [0.29, 0.717) is 19.0 Å². The van der Waals surface area contributed by atoms with Gasteiger partial charge in [0.05, 0.1) is 12.1 Å². The molecule has 0 radical (unpaired) electrons. The summed E-state index contributed by atoms with van der Waals surface area (Å²) in [6.07, 6.45) is 2.10. The van der Waals surface area contributed by atoms with Crippen molar-refractivity contribution >= 4 is 30.7 Å². The second-order valence-corrected chi connectivity index (χ2v) is 6.76. The number of likely N-dealkylation sites (tertiary alicyclic amines) is 1. The molecule has 3 atom stereocenters. The molecule has 0 spiro atoms. The first kappa shape index (κ1) is 22.2.